The van der Waals surface area contributed by atoms with Crippen LogP contribution in [0.2, 0.25) is 0 Å². The third-order valence-electron chi connectivity index (χ3n) is 7.61. The number of aliphatic carboxylic acids is 1. The molecular formula is C26H33F3N4O6. The first kappa shape index (κ1) is 28.8. The molecular weight excluding hydrogens is 521 g/mol. The zero-order chi connectivity index (χ0) is 28.2. The summed E-state index contributed by atoms with van der Waals surface area (Å²) in [5, 5.41) is 12.9. The number of fused-ring (bicyclic) bond motifs is 1. The number of piperidine rings is 3. The fraction of sp³-hybridized carbons (Fsp3) is 0.615. The maximum Gasteiger partial charge on any atom is 0.490 e. The van der Waals surface area contributed by atoms with E-state index < -0.39 is 18.2 Å². The first-order chi connectivity index (χ1) is 18.5. The van der Waals surface area contributed by atoms with Crippen LogP contribution < -0.4 is 15.5 Å². The zero-order valence-corrected chi connectivity index (χ0v) is 21.5. The number of imide groups is 1. The topological polar surface area (TPSA) is 128 Å². The second kappa shape index (κ2) is 12.3. The molecule has 214 valence electrons. The summed E-state index contributed by atoms with van der Waals surface area (Å²) >= 11 is 0. The monoisotopic (exact) mass is 554 g/mol. The largest absolute Gasteiger partial charge is 0.490 e. The summed E-state index contributed by atoms with van der Waals surface area (Å²) in [4.78, 5) is 49.8. The van der Waals surface area contributed by atoms with Gasteiger partial charge < -0.3 is 25.0 Å². The van der Waals surface area contributed by atoms with Crippen molar-refractivity contribution in [2.75, 3.05) is 37.7 Å². The van der Waals surface area contributed by atoms with E-state index in [4.69, 9.17) is 14.6 Å². The van der Waals surface area contributed by atoms with Gasteiger partial charge >= 0.3 is 12.1 Å². The molecule has 4 aliphatic heterocycles. The number of halogens is 3. The molecule has 1 aromatic rings. The number of hydrogen-bond acceptors (Lipinski definition) is 7. The number of anilines is 1. The van der Waals surface area contributed by atoms with Crippen molar-refractivity contribution in [2.24, 2.45) is 5.92 Å². The van der Waals surface area contributed by atoms with E-state index in [1.807, 2.05) is 12.1 Å². The van der Waals surface area contributed by atoms with Crippen LogP contribution in [0.4, 0.5) is 18.9 Å². The van der Waals surface area contributed by atoms with Gasteiger partial charge in [-0.15, -0.1) is 0 Å². The van der Waals surface area contributed by atoms with Crippen molar-refractivity contribution in [3.8, 4) is 0 Å². The van der Waals surface area contributed by atoms with Crippen molar-refractivity contribution in [1.29, 1.82) is 0 Å². The molecule has 5 rings (SSSR count). The fourth-order valence-electron chi connectivity index (χ4n) is 5.45. The molecule has 1 unspecified atom stereocenters. The van der Waals surface area contributed by atoms with E-state index in [2.05, 4.69) is 21.6 Å². The molecule has 1 atom stereocenters. The number of amides is 3. The number of rotatable bonds is 5. The Labute approximate surface area is 223 Å². The molecule has 3 fully saturated rings. The van der Waals surface area contributed by atoms with Gasteiger partial charge in [-0.2, -0.15) is 13.2 Å². The van der Waals surface area contributed by atoms with Crippen molar-refractivity contribution in [2.45, 2.75) is 63.4 Å². The van der Waals surface area contributed by atoms with Crippen LogP contribution in [0.5, 0.6) is 0 Å². The standard InChI is InChI=1S/C24H32N4O4.C2HF3O2/c29-22-5-4-21(23(30)26-22)28-14-19-18(24(28)31)2-1-3-20(19)27-12-8-17(9-13-27)32-15-16-6-10-25-11-7-16;3-2(4,5)1(6)7/h1-3,16-17,21,25H,4-15H2,(H,26,29,30);(H,6,7). The Balaban J connectivity index is 0.000000448. The molecule has 0 aliphatic carbocycles. The predicted molar refractivity (Wildman–Crippen MR) is 133 cm³/mol. The first-order valence-corrected chi connectivity index (χ1v) is 13.2. The van der Waals surface area contributed by atoms with Gasteiger partial charge in [-0.05, 0) is 63.2 Å². The third-order valence-corrected chi connectivity index (χ3v) is 7.61. The highest BCUT2D eigenvalue weighted by atomic mass is 19.4. The number of ether oxygens (including phenoxy) is 1. The molecule has 13 heteroatoms. The van der Waals surface area contributed by atoms with Gasteiger partial charge in [0.15, 0.2) is 0 Å². The van der Waals surface area contributed by atoms with Crippen molar-refractivity contribution in [3.63, 3.8) is 0 Å². The summed E-state index contributed by atoms with van der Waals surface area (Å²) in [6.07, 6.45) is 0.256. The number of alkyl halides is 3. The van der Waals surface area contributed by atoms with Crippen LogP contribution in [0, 0.1) is 5.92 Å². The summed E-state index contributed by atoms with van der Waals surface area (Å²) < 4.78 is 38.0. The van der Waals surface area contributed by atoms with E-state index in [1.165, 1.54) is 12.8 Å². The number of carboxylic acid groups (broad SMARTS) is 1. The van der Waals surface area contributed by atoms with Crippen LogP contribution in [0.15, 0.2) is 18.2 Å². The lowest BCUT2D eigenvalue weighted by Crippen LogP contribution is -2.52. The molecule has 0 radical (unpaired) electrons. The molecule has 0 saturated carbocycles. The average molecular weight is 555 g/mol. The third kappa shape index (κ3) is 7.07. The molecule has 3 saturated heterocycles. The lowest BCUT2D eigenvalue weighted by Gasteiger charge is -2.35. The second-order valence-electron chi connectivity index (χ2n) is 10.2. The predicted octanol–water partition coefficient (Wildman–Crippen LogP) is 2.07. The summed E-state index contributed by atoms with van der Waals surface area (Å²) in [7, 11) is 0. The van der Waals surface area contributed by atoms with Crippen LogP contribution in [0.3, 0.4) is 0 Å². The smallest absolute Gasteiger partial charge is 0.475 e. The lowest BCUT2D eigenvalue weighted by atomic mass is 9.99. The van der Waals surface area contributed by atoms with Crippen LogP contribution in [0.1, 0.15) is 54.4 Å². The Morgan fingerprint density at radius 1 is 1.05 bits per heavy atom. The van der Waals surface area contributed by atoms with Crippen molar-refractivity contribution in [1.82, 2.24) is 15.5 Å². The Kier molecular flexibility index (Phi) is 9.11. The van der Waals surface area contributed by atoms with Gasteiger partial charge in [-0.3, -0.25) is 19.7 Å². The average Bonchev–Trinajstić information content (AvgIpc) is 3.24. The van der Waals surface area contributed by atoms with E-state index in [1.54, 1.807) is 4.90 Å². The van der Waals surface area contributed by atoms with Crippen molar-refractivity contribution in [3.05, 3.63) is 29.3 Å². The van der Waals surface area contributed by atoms with Gasteiger partial charge in [0.05, 0.1) is 6.10 Å². The summed E-state index contributed by atoms with van der Waals surface area (Å²) in [6, 6.07) is 5.28. The normalized spacial score (nSPS) is 22.7. The summed E-state index contributed by atoms with van der Waals surface area (Å²) in [5.41, 5.74) is 2.76. The summed E-state index contributed by atoms with van der Waals surface area (Å²) in [6.45, 7) is 5.28. The van der Waals surface area contributed by atoms with Gasteiger partial charge in [0, 0.05) is 49.5 Å². The number of carboxylic acids is 1. The molecule has 4 aliphatic rings. The van der Waals surface area contributed by atoms with Gasteiger partial charge in [-0.25, -0.2) is 4.79 Å². The number of benzene rings is 1. The van der Waals surface area contributed by atoms with Crippen LogP contribution >= 0.6 is 0 Å². The van der Waals surface area contributed by atoms with Crippen molar-refractivity contribution >= 4 is 29.4 Å². The van der Waals surface area contributed by atoms with Crippen LogP contribution in [-0.2, 0) is 25.7 Å². The van der Waals surface area contributed by atoms with E-state index >= 15 is 0 Å². The van der Waals surface area contributed by atoms with Gasteiger partial charge in [0.2, 0.25) is 11.8 Å². The number of nitrogens with zero attached hydrogens (tertiary/aromatic N) is 2. The van der Waals surface area contributed by atoms with E-state index in [9.17, 15) is 27.6 Å². The van der Waals surface area contributed by atoms with Crippen LogP contribution in [-0.4, -0.2) is 84.8 Å². The number of carbonyl (C=O) groups excluding carboxylic acids is 3. The zero-order valence-electron chi connectivity index (χ0n) is 21.5. The number of nitrogens with one attached hydrogen (secondary N) is 2. The van der Waals surface area contributed by atoms with Gasteiger partial charge in [0.1, 0.15) is 6.04 Å². The van der Waals surface area contributed by atoms with E-state index in [-0.39, 0.29) is 24.1 Å². The molecule has 39 heavy (non-hydrogen) atoms. The molecule has 0 spiro atoms. The second-order valence-corrected chi connectivity index (χ2v) is 10.2. The Hall–Kier alpha value is -3.19. The Bertz CT molecular complexity index is 1080. The molecule has 4 heterocycles. The molecule has 1 aromatic carbocycles. The van der Waals surface area contributed by atoms with Gasteiger partial charge in [-0.1, -0.05) is 6.07 Å². The highest BCUT2D eigenvalue weighted by molar-refractivity contribution is 6.06. The lowest BCUT2D eigenvalue weighted by molar-refractivity contribution is -0.192. The first-order valence-electron chi connectivity index (χ1n) is 13.2. The minimum Gasteiger partial charge on any atom is -0.475 e. The number of hydrogen-bond donors (Lipinski definition) is 3. The molecule has 3 N–H and O–H groups in total. The highest BCUT2D eigenvalue weighted by Crippen LogP contribution is 2.35. The molecule has 10 nitrogen and oxygen atoms in total. The Morgan fingerprint density at radius 3 is 2.33 bits per heavy atom. The highest BCUT2D eigenvalue weighted by Gasteiger charge is 2.40. The maximum atomic E-state index is 13.1. The SMILES string of the molecule is O=C(O)C(F)(F)F.O=C1CCC(N2Cc3c(cccc3N3CCC(OCC4CCNCC4)CC3)C2=O)C(=O)N1. The summed E-state index contributed by atoms with van der Waals surface area (Å²) in [5.74, 6) is -2.82. The molecule has 0 bridgehead atoms. The molecule has 3 amide bonds. The van der Waals surface area contributed by atoms with E-state index in [0.717, 1.165) is 56.9 Å². The fourth-order valence-corrected chi connectivity index (χ4v) is 5.45. The minimum absolute atomic E-state index is 0.114. The number of carbonyl (C=O) groups is 4. The van der Waals surface area contributed by atoms with Crippen molar-refractivity contribution < 1.29 is 42.2 Å². The minimum atomic E-state index is -5.08. The van der Waals surface area contributed by atoms with E-state index in [0.29, 0.717) is 30.6 Å². The quantitative estimate of drug-likeness (QED) is 0.472. The Morgan fingerprint density at radius 2 is 1.72 bits per heavy atom. The maximum absolute atomic E-state index is 13.1. The van der Waals surface area contributed by atoms with Crippen LogP contribution in [0.25, 0.3) is 0 Å². The molecule has 0 aromatic heterocycles. The van der Waals surface area contributed by atoms with Gasteiger partial charge in [0.25, 0.3) is 5.91 Å².